The molecule has 0 saturated carbocycles. The van der Waals surface area contributed by atoms with Gasteiger partial charge < -0.3 is 0 Å². The first-order valence-electron chi connectivity index (χ1n) is 5.59. The Balaban J connectivity index is 2.15. The van der Waals surface area contributed by atoms with E-state index in [1.165, 1.54) is 41.1 Å². The summed E-state index contributed by atoms with van der Waals surface area (Å²) in [7, 11) is 0. The van der Waals surface area contributed by atoms with Crippen molar-refractivity contribution in [1.29, 1.82) is 0 Å². The first-order valence-corrected chi connectivity index (χ1v) is 8.99. The molecule has 0 aliphatic carbocycles. The number of rotatable bonds is 6. The predicted molar refractivity (Wildman–Crippen MR) is 87.6 cm³/mol. The molecule has 110 valence electrons. The fourth-order valence-corrected chi connectivity index (χ4v) is 3.10. The van der Waals surface area contributed by atoms with Gasteiger partial charge in [-0.25, -0.2) is 9.97 Å². The van der Waals surface area contributed by atoms with E-state index in [2.05, 4.69) is 32.1 Å². The summed E-state index contributed by atoms with van der Waals surface area (Å²) in [6.07, 6.45) is 5.02. The molecule has 0 saturated heterocycles. The zero-order chi connectivity index (χ0) is 15.2. The number of halogens is 1. The van der Waals surface area contributed by atoms with Gasteiger partial charge in [0.2, 0.25) is 5.13 Å². The minimum absolute atomic E-state index is 0.110. The van der Waals surface area contributed by atoms with E-state index in [4.69, 9.17) is 11.6 Å². The molecule has 0 aromatic carbocycles. The summed E-state index contributed by atoms with van der Waals surface area (Å²) in [4.78, 5) is 20.4. The van der Waals surface area contributed by atoms with Crippen molar-refractivity contribution in [3.63, 3.8) is 0 Å². The first kappa shape index (κ1) is 16.2. The molecule has 6 nitrogen and oxygen atoms in total. The molecule has 0 atom stereocenters. The molecule has 0 fully saturated rings. The molecule has 2 aromatic rings. The van der Waals surface area contributed by atoms with Gasteiger partial charge in [-0.1, -0.05) is 52.5 Å². The minimum atomic E-state index is -0.438. The van der Waals surface area contributed by atoms with E-state index in [9.17, 15) is 4.79 Å². The van der Waals surface area contributed by atoms with Gasteiger partial charge in [-0.2, -0.15) is 0 Å². The van der Waals surface area contributed by atoms with Crippen molar-refractivity contribution in [1.82, 2.24) is 20.2 Å². The SMILES string of the molecule is C=CCSc1ncc(Cl)c(C(=O)Nc2nnc(SC)s2)n1. The van der Waals surface area contributed by atoms with Crippen LogP contribution in [0.15, 0.2) is 28.3 Å². The Morgan fingerprint density at radius 3 is 3.05 bits per heavy atom. The lowest BCUT2D eigenvalue weighted by Crippen LogP contribution is -2.15. The lowest BCUT2D eigenvalue weighted by Gasteiger charge is -2.04. The number of hydrogen-bond acceptors (Lipinski definition) is 8. The number of amides is 1. The number of nitrogens with one attached hydrogen (secondary N) is 1. The van der Waals surface area contributed by atoms with Crippen LogP contribution in [0.4, 0.5) is 5.13 Å². The van der Waals surface area contributed by atoms with Gasteiger partial charge in [0, 0.05) is 5.75 Å². The minimum Gasteiger partial charge on any atom is -0.295 e. The van der Waals surface area contributed by atoms with Crippen LogP contribution in [0.25, 0.3) is 0 Å². The molecule has 2 rings (SSSR count). The Labute approximate surface area is 138 Å². The molecular formula is C11H10ClN5OS3. The number of nitrogens with zero attached hydrogens (tertiary/aromatic N) is 4. The van der Waals surface area contributed by atoms with Crippen molar-refractivity contribution >= 4 is 57.5 Å². The number of anilines is 1. The molecular weight excluding hydrogens is 350 g/mol. The van der Waals surface area contributed by atoms with Gasteiger partial charge in [0.15, 0.2) is 15.2 Å². The van der Waals surface area contributed by atoms with E-state index < -0.39 is 5.91 Å². The van der Waals surface area contributed by atoms with Crippen LogP contribution in [0.1, 0.15) is 10.5 Å². The largest absolute Gasteiger partial charge is 0.295 e. The maximum Gasteiger partial charge on any atom is 0.277 e. The zero-order valence-electron chi connectivity index (χ0n) is 10.9. The summed E-state index contributed by atoms with van der Waals surface area (Å²) in [6, 6.07) is 0. The van der Waals surface area contributed by atoms with Crippen LogP contribution in [-0.2, 0) is 0 Å². The summed E-state index contributed by atoms with van der Waals surface area (Å²) in [5.74, 6) is 0.211. The third kappa shape index (κ3) is 4.40. The zero-order valence-corrected chi connectivity index (χ0v) is 14.1. The fourth-order valence-electron chi connectivity index (χ4n) is 1.21. The molecule has 1 N–H and O–H groups in total. The number of carbonyl (C=O) groups is 1. The van der Waals surface area contributed by atoms with Crippen LogP contribution < -0.4 is 5.32 Å². The summed E-state index contributed by atoms with van der Waals surface area (Å²) < 4.78 is 0.765. The van der Waals surface area contributed by atoms with Crippen LogP contribution in [0.3, 0.4) is 0 Å². The van der Waals surface area contributed by atoms with Crippen molar-refractivity contribution in [2.45, 2.75) is 9.50 Å². The van der Waals surface area contributed by atoms with Gasteiger partial charge in [0.1, 0.15) is 0 Å². The summed E-state index contributed by atoms with van der Waals surface area (Å²) in [5.41, 5.74) is 0.110. The van der Waals surface area contributed by atoms with E-state index in [1.54, 1.807) is 6.08 Å². The second kappa shape index (κ2) is 7.74. The number of thioether (sulfide) groups is 2. The lowest BCUT2D eigenvalue weighted by molar-refractivity contribution is 0.102. The van der Waals surface area contributed by atoms with Gasteiger partial charge in [-0.3, -0.25) is 10.1 Å². The summed E-state index contributed by atoms with van der Waals surface area (Å²) >= 11 is 10.1. The predicted octanol–water partition coefficient (Wildman–Crippen LogP) is 3.23. The Hall–Kier alpha value is -1.16. The molecule has 21 heavy (non-hydrogen) atoms. The van der Waals surface area contributed by atoms with Crippen molar-refractivity contribution in [3.8, 4) is 0 Å². The van der Waals surface area contributed by atoms with Gasteiger partial charge >= 0.3 is 0 Å². The van der Waals surface area contributed by atoms with E-state index in [-0.39, 0.29) is 10.7 Å². The van der Waals surface area contributed by atoms with Crippen LogP contribution in [0, 0.1) is 0 Å². The molecule has 0 aliphatic rings. The molecule has 0 aliphatic heterocycles. The van der Waals surface area contributed by atoms with Gasteiger partial charge in [-0.15, -0.1) is 16.8 Å². The standard InChI is InChI=1S/C11H10ClN5OS3/c1-3-4-20-9-13-5-6(12)7(14-9)8(18)15-10-16-17-11(19-2)21-10/h3,5H,1,4H2,2H3,(H,15,16,18). The molecule has 1 amide bonds. The third-order valence-electron chi connectivity index (χ3n) is 2.07. The summed E-state index contributed by atoms with van der Waals surface area (Å²) in [5, 5.41) is 11.4. The second-order valence-corrected chi connectivity index (χ2v) is 6.91. The highest BCUT2D eigenvalue weighted by Crippen LogP contribution is 2.24. The first-order chi connectivity index (χ1) is 10.1. The Kier molecular flexibility index (Phi) is 5.97. The maximum atomic E-state index is 12.2. The Morgan fingerprint density at radius 2 is 2.38 bits per heavy atom. The molecule has 0 bridgehead atoms. The molecule has 0 unspecified atom stereocenters. The average Bonchev–Trinajstić information content (AvgIpc) is 2.94. The Bertz CT molecular complexity index is 663. The number of aromatic nitrogens is 4. The topological polar surface area (TPSA) is 80.7 Å². The second-order valence-electron chi connectivity index (χ2n) is 3.48. The highest BCUT2D eigenvalue weighted by molar-refractivity contribution is 8.00. The van der Waals surface area contributed by atoms with Crippen molar-refractivity contribution in [2.24, 2.45) is 0 Å². The lowest BCUT2D eigenvalue weighted by atomic mass is 10.4. The van der Waals surface area contributed by atoms with Crippen molar-refractivity contribution in [2.75, 3.05) is 17.3 Å². The summed E-state index contributed by atoms with van der Waals surface area (Å²) in [6.45, 7) is 3.62. The molecule has 0 spiro atoms. The van der Waals surface area contributed by atoms with E-state index in [0.717, 1.165) is 4.34 Å². The normalized spacial score (nSPS) is 10.4. The van der Waals surface area contributed by atoms with Crippen LogP contribution in [0.5, 0.6) is 0 Å². The molecule has 2 heterocycles. The Morgan fingerprint density at radius 1 is 1.57 bits per heavy atom. The number of carbonyl (C=O) groups excluding carboxylic acids is 1. The van der Waals surface area contributed by atoms with Gasteiger partial charge in [-0.05, 0) is 6.26 Å². The average molecular weight is 360 g/mol. The molecule has 2 aromatic heterocycles. The van der Waals surface area contributed by atoms with Gasteiger partial charge in [0.05, 0.1) is 11.2 Å². The van der Waals surface area contributed by atoms with Crippen molar-refractivity contribution in [3.05, 3.63) is 29.6 Å². The smallest absolute Gasteiger partial charge is 0.277 e. The quantitative estimate of drug-likeness (QED) is 0.367. The van der Waals surface area contributed by atoms with E-state index >= 15 is 0 Å². The van der Waals surface area contributed by atoms with E-state index in [0.29, 0.717) is 16.0 Å². The number of hydrogen-bond donors (Lipinski definition) is 1. The van der Waals surface area contributed by atoms with Crippen LogP contribution >= 0.6 is 46.5 Å². The highest BCUT2D eigenvalue weighted by atomic mass is 35.5. The van der Waals surface area contributed by atoms with Crippen LogP contribution in [-0.4, -0.2) is 38.1 Å². The third-order valence-corrected chi connectivity index (χ3v) is 5.02. The monoisotopic (exact) mass is 359 g/mol. The van der Waals surface area contributed by atoms with Crippen molar-refractivity contribution < 1.29 is 4.79 Å². The van der Waals surface area contributed by atoms with Crippen LogP contribution in [0.2, 0.25) is 5.02 Å². The highest BCUT2D eigenvalue weighted by Gasteiger charge is 2.16. The fraction of sp³-hybridized carbons (Fsp3) is 0.182. The molecule has 0 radical (unpaired) electrons. The van der Waals surface area contributed by atoms with Gasteiger partial charge in [0.25, 0.3) is 5.91 Å². The van der Waals surface area contributed by atoms with E-state index in [1.807, 2.05) is 6.26 Å². The maximum absolute atomic E-state index is 12.2. The molecule has 10 heteroatoms.